The Morgan fingerprint density at radius 1 is 0.893 bits per heavy atom. The van der Waals surface area contributed by atoms with Gasteiger partial charge in [-0.3, -0.25) is 4.90 Å². The highest BCUT2D eigenvalue weighted by molar-refractivity contribution is 7.80. The lowest BCUT2D eigenvalue weighted by Crippen LogP contribution is -2.49. The van der Waals surface area contributed by atoms with Gasteiger partial charge < -0.3 is 24.4 Å². The molecule has 28 heavy (non-hydrogen) atoms. The first kappa shape index (κ1) is 20.2. The van der Waals surface area contributed by atoms with Gasteiger partial charge in [0.25, 0.3) is 0 Å². The molecule has 1 aliphatic rings. The van der Waals surface area contributed by atoms with Gasteiger partial charge in [-0.25, -0.2) is 0 Å². The van der Waals surface area contributed by atoms with Crippen LogP contribution in [-0.4, -0.2) is 62.4 Å². The summed E-state index contributed by atoms with van der Waals surface area (Å²) in [6.07, 6.45) is 0. The fraction of sp³-hybridized carbons (Fsp3) is 0.381. The summed E-state index contributed by atoms with van der Waals surface area (Å²) in [5, 5.41) is 4.06. The Kier molecular flexibility index (Phi) is 6.95. The number of hydrogen-bond acceptors (Lipinski definition) is 5. The number of nitrogens with zero attached hydrogens (tertiary/aromatic N) is 2. The Hall–Kier alpha value is -2.51. The summed E-state index contributed by atoms with van der Waals surface area (Å²) in [7, 11) is 5.04. The summed E-state index contributed by atoms with van der Waals surface area (Å²) in [5.74, 6) is 2.57. The average molecular weight is 402 g/mol. The molecule has 6 nitrogen and oxygen atoms in total. The zero-order valence-corrected chi connectivity index (χ0v) is 17.4. The third kappa shape index (κ3) is 5.05. The number of thiocarbonyl (C=S) groups is 1. The first-order valence-corrected chi connectivity index (χ1v) is 9.67. The van der Waals surface area contributed by atoms with Gasteiger partial charge in [-0.15, -0.1) is 0 Å². The number of nitrogens with one attached hydrogen (secondary N) is 1. The zero-order valence-electron chi connectivity index (χ0n) is 16.6. The van der Waals surface area contributed by atoms with Gasteiger partial charge in [-0.2, -0.15) is 0 Å². The normalized spacial score (nSPS) is 14.5. The van der Waals surface area contributed by atoms with Gasteiger partial charge in [0, 0.05) is 44.0 Å². The van der Waals surface area contributed by atoms with Crippen LogP contribution in [0.15, 0.2) is 42.5 Å². The number of methoxy groups -OCH3 is 3. The quantitative estimate of drug-likeness (QED) is 0.746. The molecular weight excluding hydrogens is 374 g/mol. The number of benzene rings is 2. The van der Waals surface area contributed by atoms with Gasteiger partial charge in [0.2, 0.25) is 0 Å². The fourth-order valence-corrected chi connectivity index (χ4v) is 3.53. The van der Waals surface area contributed by atoms with Crippen LogP contribution in [0.4, 0.5) is 5.69 Å². The van der Waals surface area contributed by atoms with Gasteiger partial charge in [0.1, 0.15) is 17.2 Å². The molecule has 0 unspecified atom stereocenters. The largest absolute Gasteiger partial charge is 0.497 e. The lowest BCUT2D eigenvalue weighted by molar-refractivity contribution is 0.175. The molecule has 1 aliphatic heterocycles. The Balaban J connectivity index is 1.53. The van der Waals surface area contributed by atoms with E-state index in [0.717, 1.165) is 66.3 Å². The summed E-state index contributed by atoms with van der Waals surface area (Å²) in [5.41, 5.74) is 2.10. The molecule has 0 atom stereocenters. The third-order valence-corrected chi connectivity index (χ3v) is 5.24. The Morgan fingerprint density at radius 2 is 1.54 bits per heavy atom. The van der Waals surface area contributed by atoms with Gasteiger partial charge in [-0.05, 0) is 54.7 Å². The highest BCUT2D eigenvalue weighted by Crippen LogP contribution is 2.25. The molecule has 2 aromatic carbocycles. The molecule has 0 aliphatic carbocycles. The second kappa shape index (κ2) is 9.61. The maximum atomic E-state index is 5.59. The van der Waals surface area contributed by atoms with Crippen LogP contribution in [0.3, 0.4) is 0 Å². The van der Waals surface area contributed by atoms with Crippen LogP contribution in [0.2, 0.25) is 0 Å². The maximum Gasteiger partial charge on any atom is 0.173 e. The van der Waals surface area contributed by atoms with Crippen molar-refractivity contribution in [2.75, 3.05) is 52.8 Å². The van der Waals surface area contributed by atoms with Gasteiger partial charge in [0.15, 0.2) is 5.11 Å². The second-order valence-corrected chi connectivity index (χ2v) is 6.99. The van der Waals surface area contributed by atoms with Gasteiger partial charge in [0.05, 0.1) is 21.3 Å². The molecule has 3 rings (SSSR count). The van der Waals surface area contributed by atoms with Crippen LogP contribution in [0.1, 0.15) is 5.56 Å². The van der Waals surface area contributed by atoms with Gasteiger partial charge >= 0.3 is 0 Å². The molecule has 1 fully saturated rings. The average Bonchev–Trinajstić information content (AvgIpc) is 2.74. The van der Waals surface area contributed by atoms with Crippen molar-refractivity contribution in [2.24, 2.45) is 0 Å². The predicted octanol–water partition coefficient (Wildman–Crippen LogP) is 3.23. The summed E-state index contributed by atoms with van der Waals surface area (Å²) in [6, 6.07) is 13.7. The van der Waals surface area contributed by atoms with Crippen molar-refractivity contribution in [3.8, 4) is 17.2 Å². The monoisotopic (exact) mass is 401 g/mol. The highest BCUT2D eigenvalue weighted by atomic mass is 32.1. The molecule has 0 saturated carbocycles. The van der Waals surface area contributed by atoms with Crippen molar-refractivity contribution < 1.29 is 14.2 Å². The van der Waals surface area contributed by atoms with Crippen LogP contribution < -0.4 is 19.5 Å². The standard InChI is InChI=1S/C21H27N3O3S/c1-25-18-6-4-17(5-7-18)22-21(28)24-12-10-23(11-13-24)15-16-14-19(26-2)8-9-20(16)27-3/h4-9,14H,10-13,15H2,1-3H3,(H,22,28). The highest BCUT2D eigenvalue weighted by Gasteiger charge is 2.20. The van der Waals surface area contributed by atoms with E-state index in [-0.39, 0.29) is 0 Å². The first-order chi connectivity index (χ1) is 13.6. The first-order valence-electron chi connectivity index (χ1n) is 9.26. The number of piperazine rings is 1. The Bertz CT molecular complexity index is 790. The fourth-order valence-electron chi connectivity index (χ4n) is 3.23. The summed E-state index contributed by atoms with van der Waals surface area (Å²) in [6.45, 7) is 4.46. The van der Waals surface area contributed by atoms with E-state index in [1.165, 1.54) is 0 Å². The van der Waals surface area contributed by atoms with E-state index in [4.69, 9.17) is 26.4 Å². The van der Waals surface area contributed by atoms with E-state index >= 15 is 0 Å². The van der Waals surface area contributed by atoms with Crippen molar-refractivity contribution in [1.82, 2.24) is 9.80 Å². The molecule has 0 bridgehead atoms. The number of ether oxygens (including phenoxy) is 3. The van der Waals surface area contributed by atoms with Crippen molar-refractivity contribution in [1.29, 1.82) is 0 Å². The molecule has 1 heterocycles. The van der Waals surface area contributed by atoms with Gasteiger partial charge in [-0.1, -0.05) is 0 Å². The van der Waals surface area contributed by atoms with E-state index in [1.54, 1.807) is 21.3 Å². The summed E-state index contributed by atoms with van der Waals surface area (Å²) >= 11 is 5.59. The van der Waals surface area contributed by atoms with E-state index in [1.807, 2.05) is 42.5 Å². The number of hydrogen-bond donors (Lipinski definition) is 1. The van der Waals surface area contributed by atoms with Crippen molar-refractivity contribution in [2.45, 2.75) is 6.54 Å². The summed E-state index contributed by atoms with van der Waals surface area (Å²) < 4.78 is 16.0. The molecule has 7 heteroatoms. The molecule has 0 radical (unpaired) electrons. The minimum Gasteiger partial charge on any atom is -0.497 e. The molecule has 2 aromatic rings. The number of anilines is 1. The van der Waals surface area contributed by atoms with Crippen LogP contribution in [0, 0.1) is 0 Å². The predicted molar refractivity (Wildman–Crippen MR) is 116 cm³/mol. The van der Waals surface area contributed by atoms with Crippen LogP contribution in [-0.2, 0) is 6.54 Å². The third-order valence-electron chi connectivity index (χ3n) is 4.88. The Labute approximate surface area is 172 Å². The minimum absolute atomic E-state index is 0.753. The van der Waals surface area contributed by atoms with E-state index in [0.29, 0.717) is 0 Å². The lowest BCUT2D eigenvalue weighted by Gasteiger charge is -2.36. The Morgan fingerprint density at radius 3 is 2.14 bits per heavy atom. The molecular formula is C21H27N3O3S. The van der Waals surface area contributed by atoms with E-state index in [2.05, 4.69) is 15.1 Å². The minimum atomic E-state index is 0.753. The maximum absolute atomic E-state index is 5.59. The van der Waals surface area contributed by atoms with Crippen LogP contribution >= 0.6 is 12.2 Å². The van der Waals surface area contributed by atoms with Crippen LogP contribution in [0.25, 0.3) is 0 Å². The zero-order chi connectivity index (χ0) is 19.9. The lowest BCUT2D eigenvalue weighted by atomic mass is 10.1. The van der Waals surface area contributed by atoms with Crippen LogP contribution in [0.5, 0.6) is 17.2 Å². The molecule has 150 valence electrons. The second-order valence-electron chi connectivity index (χ2n) is 6.60. The SMILES string of the molecule is COc1ccc(NC(=S)N2CCN(Cc3cc(OC)ccc3OC)CC2)cc1. The molecule has 0 amide bonds. The number of rotatable bonds is 6. The molecule has 1 saturated heterocycles. The van der Waals surface area contributed by atoms with Crippen molar-refractivity contribution in [3.63, 3.8) is 0 Å². The topological polar surface area (TPSA) is 46.2 Å². The van der Waals surface area contributed by atoms with Crippen molar-refractivity contribution >= 4 is 23.0 Å². The molecule has 1 N–H and O–H groups in total. The molecule has 0 aromatic heterocycles. The van der Waals surface area contributed by atoms with E-state index in [9.17, 15) is 0 Å². The van der Waals surface area contributed by atoms with E-state index < -0.39 is 0 Å². The van der Waals surface area contributed by atoms with Crippen molar-refractivity contribution in [3.05, 3.63) is 48.0 Å². The molecule has 0 spiro atoms. The summed E-state index contributed by atoms with van der Waals surface area (Å²) in [4.78, 5) is 4.61. The smallest absolute Gasteiger partial charge is 0.173 e.